The van der Waals surface area contributed by atoms with Gasteiger partial charge in [0.15, 0.2) is 0 Å². The van der Waals surface area contributed by atoms with Crippen LogP contribution in [0.15, 0.2) is 17.1 Å². The molecule has 1 unspecified atom stereocenters. The summed E-state index contributed by atoms with van der Waals surface area (Å²) in [6, 6.07) is 1.51. The largest absolute Gasteiger partial charge is 0.326 e. The zero-order valence-electron chi connectivity index (χ0n) is 7.32. The highest BCUT2D eigenvalue weighted by molar-refractivity contribution is 5.02. The van der Waals surface area contributed by atoms with Gasteiger partial charge in [-0.15, -0.1) is 0 Å². The van der Waals surface area contributed by atoms with Crippen molar-refractivity contribution in [2.24, 2.45) is 5.73 Å². The van der Waals surface area contributed by atoms with Crippen molar-refractivity contribution in [3.8, 4) is 0 Å². The van der Waals surface area contributed by atoms with E-state index >= 15 is 0 Å². The van der Waals surface area contributed by atoms with Gasteiger partial charge >= 0.3 is 0 Å². The molecule has 1 aromatic rings. The van der Waals surface area contributed by atoms with Crippen LogP contribution in [0.5, 0.6) is 0 Å². The topological polar surface area (TPSA) is 60.9 Å². The standard InChI is InChI=1S/C8H13N3O/c1-6-3-8(12)11(10-4-6)5-7(2)9/h3-4,7H,5,9H2,1-2H3. The van der Waals surface area contributed by atoms with E-state index in [0.29, 0.717) is 6.54 Å². The van der Waals surface area contributed by atoms with Crippen molar-refractivity contribution in [1.82, 2.24) is 9.78 Å². The van der Waals surface area contributed by atoms with Gasteiger partial charge in [0.2, 0.25) is 0 Å². The Balaban J connectivity index is 2.94. The van der Waals surface area contributed by atoms with E-state index in [-0.39, 0.29) is 11.6 Å². The predicted molar refractivity (Wildman–Crippen MR) is 46.9 cm³/mol. The summed E-state index contributed by atoms with van der Waals surface area (Å²) < 4.78 is 1.37. The van der Waals surface area contributed by atoms with E-state index in [1.807, 2.05) is 13.8 Å². The van der Waals surface area contributed by atoms with E-state index in [4.69, 9.17) is 5.73 Å². The lowest BCUT2D eigenvalue weighted by atomic mass is 10.3. The molecule has 0 aliphatic rings. The minimum absolute atomic E-state index is 0.0436. The van der Waals surface area contributed by atoms with Crippen molar-refractivity contribution in [3.63, 3.8) is 0 Å². The van der Waals surface area contributed by atoms with Crippen LogP contribution in [-0.2, 0) is 6.54 Å². The van der Waals surface area contributed by atoms with Gasteiger partial charge in [-0.05, 0) is 19.4 Å². The number of rotatable bonds is 2. The maximum absolute atomic E-state index is 11.2. The van der Waals surface area contributed by atoms with Crippen molar-refractivity contribution < 1.29 is 0 Å². The van der Waals surface area contributed by atoms with Gasteiger partial charge in [-0.3, -0.25) is 4.79 Å². The maximum atomic E-state index is 11.2. The lowest BCUT2D eigenvalue weighted by molar-refractivity contribution is 0.512. The molecule has 12 heavy (non-hydrogen) atoms. The Labute approximate surface area is 71.0 Å². The first-order valence-electron chi connectivity index (χ1n) is 3.89. The third-order valence-corrected chi connectivity index (χ3v) is 1.47. The summed E-state index contributed by atoms with van der Waals surface area (Å²) in [4.78, 5) is 11.2. The first-order chi connectivity index (χ1) is 5.59. The van der Waals surface area contributed by atoms with Crippen LogP contribution in [0.4, 0.5) is 0 Å². The molecule has 0 aromatic carbocycles. The molecule has 0 amide bonds. The molecule has 0 saturated heterocycles. The summed E-state index contributed by atoms with van der Waals surface area (Å²) in [5.74, 6) is 0. The molecule has 0 aliphatic carbocycles. The van der Waals surface area contributed by atoms with E-state index in [9.17, 15) is 4.79 Å². The molecular weight excluding hydrogens is 154 g/mol. The van der Waals surface area contributed by atoms with Crippen molar-refractivity contribution in [3.05, 3.63) is 28.2 Å². The smallest absolute Gasteiger partial charge is 0.267 e. The summed E-state index contributed by atoms with van der Waals surface area (Å²) in [5.41, 5.74) is 6.32. The predicted octanol–water partition coefficient (Wildman–Crippen LogP) is -0.101. The average molecular weight is 167 g/mol. The van der Waals surface area contributed by atoms with Gasteiger partial charge in [0.05, 0.1) is 12.7 Å². The van der Waals surface area contributed by atoms with Gasteiger partial charge in [0.25, 0.3) is 5.56 Å². The lowest BCUT2D eigenvalue weighted by Crippen LogP contribution is -2.31. The highest BCUT2D eigenvalue weighted by Crippen LogP contribution is 1.87. The molecule has 1 rings (SSSR count). The Morgan fingerprint density at radius 2 is 2.42 bits per heavy atom. The van der Waals surface area contributed by atoms with E-state index in [0.717, 1.165) is 5.56 Å². The van der Waals surface area contributed by atoms with Crippen LogP contribution in [0, 0.1) is 6.92 Å². The van der Waals surface area contributed by atoms with Crippen LogP contribution in [0.25, 0.3) is 0 Å². The second-order valence-electron chi connectivity index (χ2n) is 3.03. The monoisotopic (exact) mass is 167 g/mol. The third kappa shape index (κ3) is 2.17. The van der Waals surface area contributed by atoms with E-state index in [2.05, 4.69) is 5.10 Å². The van der Waals surface area contributed by atoms with Gasteiger partial charge in [-0.1, -0.05) is 0 Å². The molecule has 2 N–H and O–H groups in total. The van der Waals surface area contributed by atoms with E-state index in [1.54, 1.807) is 12.3 Å². The molecule has 0 fully saturated rings. The van der Waals surface area contributed by atoms with Crippen molar-refractivity contribution in [2.45, 2.75) is 26.4 Å². The zero-order valence-corrected chi connectivity index (χ0v) is 7.32. The molecule has 4 nitrogen and oxygen atoms in total. The van der Waals surface area contributed by atoms with Crippen molar-refractivity contribution >= 4 is 0 Å². The summed E-state index contributed by atoms with van der Waals surface area (Å²) in [5, 5.41) is 3.94. The number of hydrogen-bond acceptors (Lipinski definition) is 3. The fraction of sp³-hybridized carbons (Fsp3) is 0.500. The molecule has 4 heteroatoms. The number of nitrogens with zero attached hydrogens (tertiary/aromatic N) is 2. The van der Waals surface area contributed by atoms with Crippen LogP contribution in [0.2, 0.25) is 0 Å². The second-order valence-corrected chi connectivity index (χ2v) is 3.03. The highest BCUT2D eigenvalue weighted by atomic mass is 16.1. The number of hydrogen-bond donors (Lipinski definition) is 1. The molecule has 0 bridgehead atoms. The molecule has 0 spiro atoms. The first kappa shape index (κ1) is 8.93. The average Bonchev–Trinajstić information content (AvgIpc) is 1.94. The van der Waals surface area contributed by atoms with Gasteiger partial charge < -0.3 is 5.73 Å². The Bertz CT molecular complexity index is 316. The van der Waals surface area contributed by atoms with Crippen molar-refractivity contribution in [2.75, 3.05) is 0 Å². The van der Waals surface area contributed by atoms with E-state index in [1.165, 1.54) is 4.68 Å². The van der Waals surface area contributed by atoms with Gasteiger partial charge in [-0.25, -0.2) is 4.68 Å². The summed E-state index contributed by atoms with van der Waals surface area (Å²) in [7, 11) is 0. The molecule has 1 heterocycles. The quantitative estimate of drug-likeness (QED) is 0.669. The fourth-order valence-electron chi connectivity index (χ4n) is 0.934. The fourth-order valence-corrected chi connectivity index (χ4v) is 0.934. The SMILES string of the molecule is Cc1cnn(CC(C)N)c(=O)c1. The maximum Gasteiger partial charge on any atom is 0.267 e. The molecule has 1 aromatic heterocycles. The van der Waals surface area contributed by atoms with Crippen LogP contribution >= 0.6 is 0 Å². The molecule has 0 aliphatic heterocycles. The molecule has 0 radical (unpaired) electrons. The van der Waals surface area contributed by atoms with Gasteiger partial charge in [0, 0.05) is 12.1 Å². The minimum atomic E-state index is -0.0905. The van der Waals surface area contributed by atoms with Crippen LogP contribution in [0.3, 0.4) is 0 Å². The molecular formula is C8H13N3O. The van der Waals surface area contributed by atoms with Gasteiger partial charge in [-0.2, -0.15) is 5.10 Å². The lowest BCUT2D eigenvalue weighted by Gasteiger charge is -2.06. The Kier molecular flexibility index (Phi) is 2.60. The van der Waals surface area contributed by atoms with Crippen LogP contribution in [0.1, 0.15) is 12.5 Å². The Morgan fingerprint density at radius 3 is 2.92 bits per heavy atom. The molecule has 66 valence electrons. The first-order valence-corrected chi connectivity index (χ1v) is 3.89. The molecule has 1 atom stereocenters. The highest BCUT2D eigenvalue weighted by Gasteiger charge is 1.99. The number of aromatic nitrogens is 2. The summed E-state index contributed by atoms with van der Waals surface area (Å²) in [6.07, 6.45) is 1.66. The van der Waals surface area contributed by atoms with E-state index < -0.39 is 0 Å². The van der Waals surface area contributed by atoms with Crippen LogP contribution in [-0.4, -0.2) is 15.8 Å². The van der Waals surface area contributed by atoms with Crippen molar-refractivity contribution in [1.29, 1.82) is 0 Å². The molecule has 0 saturated carbocycles. The number of aryl methyl sites for hydroxylation is 1. The third-order valence-electron chi connectivity index (χ3n) is 1.47. The minimum Gasteiger partial charge on any atom is -0.326 e. The summed E-state index contributed by atoms with van der Waals surface area (Å²) in [6.45, 7) is 4.15. The Hall–Kier alpha value is -1.16. The zero-order chi connectivity index (χ0) is 9.14. The summed E-state index contributed by atoms with van der Waals surface area (Å²) >= 11 is 0. The number of nitrogens with two attached hydrogens (primary N) is 1. The van der Waals surface area contributed by atoms with Gasteiger partial charge in [0.1, 0.15) is 0 Å². The normalized spacial score (nSPS) is 12.9. The Morgan fingerprint density at radius 1 is 1.75 bits per heavy atom. The second kappa shape index (κ2) is 3.49. The van der Waals surface area contributed by atoms with Crippen LogP contribution < -0.4 is 11.3 Å².